The molecule has 2 aromatic carbocycles. The summed E-state index contributed by atoms with van der Waals surface area (Å²) < 4.78 is 40.7. The van der Waals surface area contributed by atoms with Crippen LogP contribution in [-0.2, 0) is 14.8 Å². The summed E-state index contributed by atoms with van der Waals surface area (Å²) in [5, 5.41) is 16.0. The summed E-state index contributed by atoms with van der Waals surface area (Å²) in [6.07, 6.45) is 3.54. The van der Waals surface area contributed by atoms with Crippen LogP contribution < -0.4 is 20.1 Å². The molecule has 2 fully saturated rings. The molecule has 3 aromatic rings. The molecule has 5 rings (SSSR count). The molecule has 1 amide bonds. The van der Waals surface area contributed by atoms with E-state index in [1.165, 1.54) is 18.2 Å². The number of aromatic nitrogens is 2. The predicted molar refractivity (Wildman–Crippen MR) is 182 cm³/mol. The number of hydrogen-bond donors (Lipinski definition) is 4. The molecule has 0 unspecified atom stereocenters. The molecule has 13 heteroatoms. The van der Waals surface area contributed by atoms with Gasteiger partial charge in [-0.1, -0.05) is 24.3 Å². The standard InChI is InChI=1S/C35H45N5O7S/c1-20-10-8-11-21(2)28(20)29-23(4)30(39-32(38-29)40-48(44,45)27-13-9-12-24(14-27)31(41)42)46-19-22(3)36-25-15-35(16-25)17-26(18-35)37-33(43)47-34(5,6)7/h8-14,22,25-26,36H,15-19H2,1-7H3,(H,37,43)(H,41,42)(H,38,39,40)/t22-,25?,26?,35?/m1/s1. The van der Waals surface area contributed by atoms with Crippen LogP contribution in [0.5, 0.6) is 5.88 Å². The third-order valence-corrected chi connectivity index (χ3v) is 10.2. The molecule has 0 saturated heterocycles. The lowest BCUT2D eigenvalue weighted by molar-refractivity contribution is -0.0363. The Hall–Kier alpha value is -4.23. The SMILES string of the molecule is Cc1cccc(C)c1-c1nc(NS(=O)(=O)c2cccc(C(=O)O)c2)nc(OC[C@@H](C)NC2CC3(CC(NC(=O)OC(C)(C)C)C3)C2)c1C. The number of hydrogen-bond acceptors (Lipinski definition) is 9. The van der Waals surface area contributed by atoms with Gasteiger partial charge in [-0.05, 0) is 109 Å². The molecule has 0 radical (unpaired) electrons. The summed E-state index contributed by atoms with van der Waals surface area (Å²) in [5.41, 5.74) is 3.53. The first-order chi connectivity index (χ1) is 22.4. The van der Waals surface area contributed by atoms with Crippen molar-refractivity contribution in [2.24, 2.45) is 5.41 Å². The Morgan fingerprint density at radius 3 is 2.25 bits per heavy atom. The molecule has 1 aromatic heterocycles. The first kappa shape index (κ1) is 35.1. The van der Waals surface area contributed by atoms with Gasteiger partial charge in [0.2, 0.25) is 11.8 Å². The summed E-state index contributed by atoms with van der Waals surface area (Å²) in [6.45, 7) is 13.6. The van der Waals surface area contributed by atoms with Gasteiger partial charge in [-0.25, -0.2) is 27.7 Å². The Bertz CT molecular complexity index is 1790. The highest BCUT2D eigenvalue weighted by Gasteiger charge is 2.53. The minimum atomic E-state index is -4.22. The molecule has 2 saturated carbocycles. The second-order valence-corrected chi connectivity index (χ2v) is 15.9. The van der Waals surface area contributed by atoms with E-state index in [1.807, 2.05) is 66.7 Å². The van der Waals surface area contributed by atoms with Gasteiger partial charge in [-0.2, -0.15) is 4.98 Å². The minimum Gasteiger partial charge on any atom is -0.478 e. The third-order valence-electron chi connectivity index (χ3n) is 8.86. The van der Waals surface area contributed by atoms with E-state index in [2.05, 4.69) is 25.3 Å². The Labute approximate surface area is 282 Å². The zero-order valence-corrected chi connectivity index (χ0v) is 29.3. The highest BCUT2D eigenvalue weighted by atomic mass is 32.2. The fourth-order valence-electron chi connectivity index (χ4n) is 6.74. The van der Waals surface area contributed by atoms with Gasteiger partial charge >= 0.3 is 12.1 Å². The zero-order valence-electron chi connectivity index (χ0n) is 28.5. The number of rotatable bonds is 11. The number of anilines is 1. The zero-order chi connectivity index (χ0) is 35.0. The molecular formula is C35H45N5O7S. The Morgan fingerprint density at radius 2 is 1.62 bits per heavy atom. The average molecular weight is 680 g/mol. The molecule has 48 heavy (non-hydrogen) atoms. The summed E-state index contributed by atoms with van der Waals surface area (Å²) >= 11 is 0. The fourth-order valence-corrected chi connectivity index (χ4v) is 7.73. The van der Waals surface area contributed by atoms with E-state index in [1.54, 1.807) is 0 Å². The molecule has 2 aliphatic rings. The van der Waals surface area contributed by atoms with Crippen molar-refractivity contribution in [3.8, 4) is 17.1 Å². The molecule has 4 N–H and O–H groups in total. The number of amides is 1. The van der Waals surface area contributed by atoms with E-state index in [0.29, 0.717) is 17.3 Å². The first-order valence-corrected chi connectivity index (χ1v) is 17.6. The van der Waals surface area contributed by atoms with Gasteiger partial charge in [0.1, 0.15) is 12.2 Å². The number of carboxylic acid groups (broad SMARTS) is 1. The maximum absolute atomic E-state index is 13.3. The normalized spacial score (nSPS) is 21.1. The van der Waals surface area contributed by atoms with Crippen LogP contribution in [0.3, 0.4) is 0 Å². The second kappa shape index (κ2) is 13.3. The topological polar surface area (TPSA) is 169 Å². The lowest BCUT2D eigenvalue weighted by Crippen LogP contribution is -2.62. The number of carbonyl (C=O) groups excluding carboxylic acids is 1. The number of aromatic carboxylic acids is 1. The van der Waals surface area contributed by atoms with E-state index >= 15 is 0 Å². The van der Waals surface area contributed by atoms with E-state index in [0.717, 1.165) is 48.4 Å². The molecular weight excluding hydrogens is 634 g/mol. The predicted octanol–water partition coefficient (Wildman–Crippen LogP) is 5.76. The number of ether oxygens (including phenoxy) is 2. The lowest BCUT2D eigenvalue weighted by atomic mass is 9.52. The van der Waals surface area contributed by atoms with Crippen LogP contribution in [0.25, 0.3) is 11.3 Å². The minimum absolute atomic E-state index is 0.0278. The Kier molecular flexibility index (Phi) is 9.76. The monoisotopic (exact) mass is 679 g/mol. The number of nitrogens with one attached hydrogen (secondary N) is 3. The molecule has 1 spiro atoms. The van der Waals surface area contributed by atoms with Crippen molar-refractivity contribution in [2.75, 3.05) is 11.3 Å². The smallest absolute Gasteiger partial charge is 0.407 e. The average Bonchev–Trinajstić information content (AvgIpc) is 2.94. The second-order valence-electron chi connectivity index (χ2n) is 14.3. The van der Waals surface area contributed by atoms with Crippen molar-refractivity contribution in [3.05, 3.63) is 64.7 Å². The largest absolute Gasteiger partial charge is 0.478 e. The molecule has 1 heterocycles. The van der Waals surface area contributed by atoms with Gasteiger partial charge in [-0.3, -0.25) is 0 Å². The maximum Gasteiger partial charge on any atom is 0.407 e. The van der Waals surface area contributed by atoms with Gasteiger partial charge in [0.25, 0.3) is 10.0 Å². The van der Waals surface area contributed by atoms with Crippen LogP contribution in [-0.4, -0.2) is 65.9 Å². The van der Waals surface area contributed by atoms with Crippen LogP contribution in [0.4, 0.5) is 10.7 Å². The molecule has 12 nitrogen and oxygen atoms in total. The molecule has 258 valence electrons. The quantitative estimate of drug-likeness (QED) is 0.196. The van der Waals surface area contributed by atoms with Gasteiger partial charge in [0.15, 0.2) is 0 Å². The third kappa shape index (κ3) is 8.07. The van der Waals surface area contributed by atoms with Crippen molar-refractivity contribution in [1.82, 2.24) is 20.6 Å². The van der Waals surface area contributed by atoms with Crippen molar-refractivity contribution in [2.45, 2.75) is 103 Å². The van der Waals surface area contributed by atoms with Crippen molar-refractivity contribution in [3.63, 3.8) is 0 Å². The van der Waals surface area contributed by atoms with E-state index in [9.17, 15) is 23.1 Å². The summed E-state index contributed by atoms with van der Waals surface area (Å²) in [5.74, 6) is -1.18. The van der Waals surface area contributed by atoms with Gasteiger partial charge in [-0.15, -0.1) is 0 Å². The van der Waals surface area contributed by atoms with Gasteiger partial charge in [0, 0.05) is 29.3 Å². The summed E-state index contributed by atoms with van der Waals surface area (Å²) in [4.78, 5) is 32.4. The van der Waals surface area contributed by atoms with Crippen LogP contribution >= 0.6 is 0 Å². The van der Waals surface area contributed by atoms with E-state index in [4.69, 9.17) is 9.47 Å². The Balaban J connectivity index is 1.26. The first-order valence-electron chi connectivity index (χ1n) is 16.1. The number of alkyl carbamates (subject to hydrolysis) is 1. The van der Waals surface area contributed by atoms with Gasteiger partial charge < -0.3 is 25.2 Å². The lowest BCUT2D eigenvalue weighted by Gasteiger charge is -2.58. The Morgan fingerprint density at radius 1 is 1.00 bits per heavy atom. The highest BCUT2D eigenvalue weighted by molar-refractivity contribution is 7.92. The van der Waals surface area contributed by atoms with Crippen LogP contribution in [0.1, 0.15) is 80.4 Å². The summed E-state index contributed by atoms with van der Waals surface area (Å²) in [6, 6.07) is 11.4. The van der Waals surface area contributed by atoms with Gasteiger partial charge in [0.05, 0.1) is 16.2 Å². The van der Waals surface area contributed by atoms with E-state index < -0.39 is 21.6 Å². The number of aryl methyl sites for hydroxylation is 2. The number of nitrogens with zero attached hydrogens (tertiary/aromatic N) is 2. The molecule has 1 atom stereocenters. The fraction of sp³-hybridized carbons (Fsp3) is 0.486. The van der Waals surface area contributed by atoms with Crippen LogP contribution in [0.2, 0.25) is 0 Å². The van der Waals surface area contributed by atoms with Crippen molar-refractivity contribution in [1.29, 1.82) is 0 Å². The van der Waals surface area contributed by atoms with Crippen molar-refractivity contribution < 1.29 is 32.6 Å². The number of carbonyl (C=O) groups is 2. The maximum atomic E-state index is 13.3. The summed E-state index contributed by atoms with van der Waals surface area (Å²) in [7, 11) is -4.22. The molecule has 2 aliphatic carbocycles. The number of carboxylic acids is 1. The molecule has 0 aliphatic heterocycles. The molecule has 0 bridgehead atoms. The van der Waals surface area contributed by atoms with E-state index in [-0.39, 0.29) is 52.5 Å². The number of sulfonamides is 1. The van der Waals surface area contributed by atoms with Crippen LogP contribution in [0, 0.1) is 26.2 Å². The van der Waals surface area contributed by atoms with Crippen LogP contribution in [0.15, 0.2) is 47.4 Å². The number of benzene rings is 2. The van der Waals surface area contributed by atoms with Crippen molar-refractivity contribution >= 4 is 28.0 Å². The highest BCUT2D eigenvalue weighted by Crippen LogP contribution is 2.56.